The summed E-state index contributed by atoms with van der Waals surface area (Å²) >= 11 is 0. The first-order chi connectivity index (χ1) is 11.1. The molecule has 2 aromatic rings. The van der Waals surface area contributed by atoms with Gasteiger partial charge in [-0.25, -0.2) is 4.98 Å². The predicted octanol–water partition coefficient (Wildman–Crippen LogP) is 0.867. The number of aryl methyl sites for hydroxylation is 2. The fourth-order valence-electron chi connectivity index (χ4n) is 2.81. The number of rotatable bonds is 3. The van der Waals surface area contributed by atoms with Gasteiger partial charge in [-0.15, -0.1) is 0 Å². The molecule has 7 heteroatoms. The van der Waals surface area contributed by atoms with E-state index in [1.807, 2.05) is 35.9 Å². The highest BCUT2D eigenvalue weighted by Gasteiger charge is 2.21. The number of amides is 1. The Balaban J connectivity index is 1.59. The number of hydrogen-bond acceptors (Lipinski definition) is 5. The van der Waals surface area contributed by atoms with Crippen LogP contribution in [0.3, 0.4) is 0 Å². The van der Waals surface area contributed by atoms with Crippen molar-refractivity contribution in [2.24, 2.45) is 7.05 Å². The van der Waals surface area contributed by atoms with Gasteiger partial charge in [0, 0.05) is 57.7 Å². The first kappa shape index (κ1) is 15.6. The molecule has 1 amide bonds. The average molecular weight is 314 g/mol. The van der Waals surface area contributed by atoms with Crippen LogP contribution in [-0.4, -0.2) is 61.6 Å². The molecule has 0 unspecified atom stereocenters. The first-order valence-corrected chi connectivity index (χ1v) is 7.89. The lowest BCUT2D eigenvalue weighted by Gasteiger charge is -2.21. The second-order valence-corrected chi connectivity index (χ2v) is 5.99. The minimum Gasteiger partial charge on any atom is -0.336 e. The molecular formula is C16H22N6O. The quantitative estimate of drug-likeness (QED) is 0.841. The van der Waals surface area contributed by atoms with E-state index in [0.717, 1.165) is 38.3 Å². The number of nitrogens with zero attached hydrogens (tertiary/aromatic N) is 6. The predicted molar refractivity (Wildman–Crippen MR) is 85.8 cm³/mol. The lowest BCUT2D eigenvalue weighted by atomic mass is 10.3. The van der Waals surface area contributed by atoms with E-state index in [0.29, 0.717) is 12.2 Å². The molecule has 0 bridgehead atoms. The third kappa shape index (κ3) is 3.92. The van der Waals surface area contributed by atoms with Gasteiger partial charge in [0.05, 0.1) is 18.1 Å². The van der Waals surface area contributed by atoms with E-state index in [4.69, 9.17) is 0 Å². The van der Waals surface area contributed by atoms with Crippen LogP contribution in [0.25, 0.3) is 0 Å². The van der Waals surface area contributed by atoms with Gasteiger partial charge in [-0.2, -0.15) is 5.10 Å². The van der Waals surface area contributed by atoms with Gasteiger partial charge in [0.15, 0.2) is 0 Å². The van der Waals surface area contributed by atoms with Gasteiger partial charge in [-0.3, -0.25) is 19.4 Å². The van der Waals surface area contributed by atoms with Gasteiger partial charge in [0.25, 0.3) is 5.91 Å². The molecular weight excluding hydrogens is 292 g/mol. The number of aromatic nitrogens is 4. The molecule has 1 fully saturated rings. The fraction of sp³-hybridized carbons (Fsp3) is 0.500. The highest BCUT2D eigenvalue weighted by molar-refractivity contribution is 5.92. The van der Waals surface area contributed by atoms with Crippen LogP contribution in [0.4, 0.5) is 0 Å². The summed E-state index contributed by atoms with van der Waals surface area (Å²) in [5.41, 5.74) is 2.45. The molecule has 1 aliphatic rings. The Morgan fingerprint density at radius 3 is 2.70 bits per heavy atom. The number of hydrogen-bond donors (Lipinski definition) is 0. The zero-order valence-electron chi connectivity index (χ0n) is 13.6. The Kier molecular flexibility index (Phi) is 4.66. The fourth-order valence-corrected chi connectivity index (χ4v) is 2.81. The second kappa shape index (κ2) is 6.87. The van der Waals surface area contributed by atoms with Crippen molar-refractivity contribution in [3.05, 3.63) is 41.7 Å². The molecule has 3 rings (SSSR count). The molecule has 2 aromatic heterocycles. The van der Waals surface area contributed by atoms with Crippen LogP contribution >= 0.6 is 0 Å². The van der Waals surface area contributed by atoms with E-state index in [-0.39, 0.29) is 5.91 Å². The van der Waals surface area contributed by atoms with Crippen molar-refractivity contribution in [3.8, 4) is 0 Å². The van der Waals surface area contributed by atoms with Gasteiger partial charge in [0.2, 0.25) is 0 Å². The van der Waals surface area contributed by atoms with Gasteiger partial charge in [-0.05, 0) is 13.3 Å². The minimum atomic E-state index is -0.0271. The summed E-state index contributed by atoms with van der Waals surface area (Å²) in [6, 6.07) is 0. The molecule has 1 aliphatic heterocycles. The Bertz CT molecular complexity index is 665. The van der Waals surface area contributed by atoms with Gasteiger partial charge < -0.3 is 4.90 Å². The molecule has 1 saturated heterocycles. The molecule has 0 aromatic carbocycles. The molecule has 0 aliphatic carbocycles. The zero-order chi connectivity index (χ0) is 16.2. The summed E-state index contributed by atoms with van der Waals surface area (Å²) in [7, 11) is 1.93. The van der Waals surface area contributed by atoms with E-state index in [1.165, 1.54) is 5.56 Å². The van der Waals surface area contributed by atoms with Crippen LogP contribution in [0.2, 0.25) is 0 Å². The summed E-state index contributed by atoms with van der Waals surface area (Å²) in [5, 5.41) is 4.21. The Morgan fingerprint density at radius 2 is 2.00 bits per heavy atom. The molecule has 7 nitrogen and oxygen atoms in total. The van der Waals surface area contributed by atoms with Crippen molar-refractivity contribution >= 4 is 5.91 Å². The molecule has 0 N–H and O–H groups in total. The van der Waals surface area contributed by atoms with Crippen molar-refractivity contribution < 1.29 is 4.79 Å². The summed E-state index contributed by atoms with van der Waals surface area (Å²) in [6.07, 6.45) is 8.10. The summed E-state index contributed by atoms with van der Waals surface area (Å²) in [6.45, 7) is 6.06. The summed E-state index contributed by atoms with van der Waals surface area (Å²) in [4.78, 5) is 25.1. The van der Waals surface area contributed by atoms with Gasteiger partial charge in [0.1, 0.15) is 5.69 Å². The highest BCUT2D eigenvalue weighted by Crippen LogP contribution is 2.10. The van der Waals surface area contributed by atoms with Gasteiger partial charge >= 0.3 is 0 Å². The lowest BCUT2D eigenvalue weighted by Crippen LogP contribution is -2.35. The van der Waals surface area contributed by atoms with Crippen molar-refractivity contribution in [3.63, 3.8) is 0 Å². The standard InChI is InChI=1S/C16H22N6O/c1-13-8-18-15(10-17-13)16(23)22-5-3-4-21(6-7-22)12-14-9-19-20(2)11-14/h8-11H,3-7,12H2,1-2H3. The highest BCUT2D eigenvalue weighted by atomic mass is 16.2. The average Bonchev–Trinajstić information content (AvgIpc) is 2.81. The van der Waals surface area contributed by atoms with Crippen molar-refractivity contribution in [2.45, 2.75) is 19.9 Å². The van der Waals surface area contributed by atoms with E-state index in [2.05, 4.69) is 20.0 Å². The SMILES string of the molecule is Cc1cnc(C(=O)N2CCCN(Cc3cnn(C)c3)CC2)cn1. The van der Waals surface area contributed by atoms with Crippen molar-refractivity contribution in [2.75, 3.05) is 26.2 Å². The molecule has 3 heterocycles. The molecule has 0 saturated carbocycles. The molecule has 122 valence electrons. The molecule has 0 atom stereocenters. The molecule has 0 radical (unpaired) electrons. The number of carbonyl (C=O) groups is 1. The largest absolute Gasteiger partial charge is 0.336 e. The van der Waals surface area contributed by atoms with E-state index >= 15 is 0 Å². The Morgan fingerprint density at radius 1 is 1.13 bits per heavy atom. The molecule has 0 spiro atoms. The van der Waals surface area contributed by atoms with Crippen LogP contribution in [-0.2, 0) is 13.6 Å². The van der Waals surface area contributed by atoms with Crippen LogP contribution in [0.15, 0.2) is 24.8 Å². The third-order valence-corrected chi connectivity index (χ3v) is 4.04. The third-order valence-electron chi connectivity index (χ3n) is 4.04. The van der Waals surface area contributed by atoms with Gasteiger partial charge in [-0.1, -0.05) is 0 Å². The monoisotopic (exact) mass is 314 g/mol. The number of carbonyl (C=O) groups excluding carboxylic acids is 1. The Hall–Kier alpha value is -2.28. The van der Waals surface area contributed by atoms with E-state index in [9.17, 15) is 4.79 Å². The lowest BCUT2D eigenvalue weighted by molar-refractivity contribution is 0.0754. The first-order valence-electron chi connectivity index (χ1n) is 7.89. The normalized spacial score (nSPS) is 16.3. The van der Waals surface area contributed by atoms with Crippen molar-refractivity contribution in [1.82, 2.24) is 29.5 Å². The van der Waals surface area contributed by atoms with Crippen LogP contribution < -0.4 is 0 Å². The van der Waals surface area contributed by atoms with Crippen molar-refractivity contribution in [1.29, 1.82) is 0 Å². The second-order valence-electron chi connectivity index (χ2n) is 5.99. The minimum absolute atomic E-state index is 0.0271. The smallest absolute Gasteiger partial charge is 0.274 e. The topological polar surface area (TPSA) is 67.2 Å². The van der Waals surface area contributed by atoms with E-state index in [1.54, 1.807) is 12.4 Å². The molecule has 23 heavy (non-hydrogen) atoms. The van der Waals surface area contributed by atoms with E-state index < -0.39 is 0 Å². The Labute approximate surface area is 135 Å². The maximum absolute atomic E-state index is 12.5. The van der Waals surface area contributed by atoms with Crippen LogP contribution in [0.1, 0.15) is 28.2 Å². The zero-order valence-corrected chi connectivity index (χ0v) is 13.6. The summed E-state index contributed by atoms with van der Waals surface area (Å²) in [5.74, 6) is -0.0271. The van der Waals surface area contributed by atoms with Crippen LogP contribution in [0.5, 0.6) is 0 Å². The summed E-state index contributed by atoms with van der Waals surface area (Å²) < 4.78 is 1.82. The maximum Gasteiger partial charge on any atom is 0.274 e. The maximum atomic E-state index is 12.5. The van der Waals surface area contributed by atoms with Crippen LogP contribution in [0, 0.1) is 6.92 Å².